The molecule has 0 fully saturated rings. The van der Waals surface area contributed by atoms with Gasteiger partial charge in [-0.05, 0) is 85.8 Å². The van der Waals surface area contributed by atoms with Gasteiger partial charge in [0.05, 0.1) is 22.1 Å². The first kappa shape index (κ1) is 36.5. The maximum absolute atomic E-state index is 17.2. The molecule has 0 amide bonds. The van der Waals surface area contributed by atoms with Crippen LogP contribution in [-0.2, 0) is 0 Å². The molecule has 5 heterocycles. The van der Waals surface area contributed by atoms with E-state index in [0.29, 0.717) is 11.1 Å². The van der Waals surface area contributed by atoms with Crippen molar-refractivity contribution < 1.29 is 4.39 Å². The fourth-order valence-electron chi connectivity index (χ4n) is 10.7. The Hall–Kier alpha value is -8.13. The summed E-state index contributed by atoms with van der Waals surface area (Å²) < 4.78 is 21.6. The van der Waals surface area contributed by atoms with E-state index in [9.17, 15) is 0 Å². The molecule has 7 heteroatoms. The molecule has 0 saturated heterocycles. The van der Waals surface area contributed by atoms with E-state index >= 15 is 4.39 Å². The molecule has 64 heavy (non-hydrogen) atoms. The van der Waals surface area contributed by atoms with Crippen molar-refractivity contribution in [3.05, 3.63) is 236 Å². The molecular formula is C57H38FN5Si. The fraction of sp³-hybridized carbons (Fsp3) is 0.0175. The number of fused-ring (bicyclic) bond motifs is 12. The normalized spacial score (nSPS) is 13.7. The lowest BCUT2D eigenvalue weighted by Gasteiger charge is -2.45. The Morgan fingerprint density at radius 2 is 1.11 bits per heavy atom. The van der Waals surface area contributed by atoms with Gasteiger partial charge in [-0.2, -0.15) is 0 Å². The number of benzene rings is 8. The highest BCUT2D eigenvalue weighted by molar-refractivity contribution is 7.21. The van der Waals surface area contributed by atoms with E-state index in [1.54, 1.807) is 0 Å². The number of hydrogen-bond donors (Lipinski definition) is 0. The van der Waals surface area contributed by atoms with Crippen molar-refractivity contribution >= 4 is 95.1 Å². The van der Waals surface area contributed by atoms with Crippen LogP contribution in [0.3, 0.4) is 0 Å². The van der Waals surface area contributed by atoms with Crippen molar-refractivity contribution in [1.29, 1.82) is 0 Å². The summed E-state index contributed by atoms with van der Waals surface area (Å²) in [7, 11) is -3.00. The Morgan fingerprint density at radius 3 is 1.89 bits per heavy atom. The number of nitrogens with zero attached hydrogens (tertiary/aromatic N) is 5. The zero-order chi connectivity index (χ0) is 42.4. The van der Waals surface area contributed by atoms with Crippen LogP contribution in [0.25, 0.3) is 54.9 Å². The van der Waals surface area contributed by atoms with Gasteiger partial charge in [-0.25, -0.2) is 14.4 Å². The molecule has 0 aliphatic carbocycles. The minimum atomic E-state index is -3.00. The predicted octanol–water partition coefficient (Wildman–Crippen LogP) is 11.4. The number of halogens is 1. The first-order chi connectivity index (χ1) is 31.7. The van der Waals surface area contributed by atoms with Crippen molar-refractivity contribution in [1.82, 2.24) is 18.9 Å². The van der Waals surface area contributed by atoms with Crippen LogP contribution in [0.4, 0.5) is 21.5 Å². The highest BCUT2D eigenvalue weighted by atomic mass is 28.3. The molecule has 12 aromatic rings. The van der Waals surface area contributed by atoms with Gasteiger partial charge in [-0.15, -0.1) is 0 Å². The van der Waals surface area contributed by atoms with Gasteiger partial charge in [0.15, 0.2) is 14.2 Å². The number of hydrogen-bond acceptors (Lipinski definition) is 3. The highest BCUT2D eigenvalue weighted by Crippen LogP contribution is 2.45. The lowest BCUT2D eigenvalue weighted by molar-refractivity contribution is 0.402. The molecule has 302 valence electrons. The van der Waals surface area contributed by atoms with Crippen LogP contribution < -0.4 is 25.6 Å². The van der Waals surface area contributed by atoms with Crippen molar-refractivity contribution in [2.45, 2.75) is 6.17 Å². The Bertz CT molecular complexity index is 3730. The number of rotatable bonds is 6. The minimum Gasteiger partial charge on any atom is -0.310 e. The monoisotopic (exact) mass is 839 g/mol. The van der Waals surface area contributed by atoms with Crippen molar-refractivity contribution in [3.63, 3.8) is 0 Å². The third kappa shape index (κ3) is 5.16. The van der Waals surface area contributed by atoms with E-state index in [2.05, 4.69) is 178 Å². The first-order valence-corrected chi connectivity index (χ1v) is 23.7. The molecule has 5 nitrogen and oxygen atoms in total. The van der Waals surface area contributed by atoms with Crippen LogP contribution in [-0.4, -0.2) is 27.0 Å². The Kier molecular flexibility index (Phi) is 8.10. The van der Waals surface area contributed by atoms with Crippen LogP contribution in [0.5, 0.6) is 0 Å². The van der Waals surface area contributed by atoms with Gasteiger partial charge in [-0.1, -0.05) is 158 Å². The fourth-order valence-corrected chi connectivity index (χ4v) is 15.7. The molecule has 1 unspecified atom stereocenters. The second kappa shape index (κ2) is 14.2. The molecule has 4 aromatic heterocycles. The molecule has 0 radical (unpaired) electrons. The second-order valence-corrected chi connectivity index (χ2v) is 20.4. The van der Waals surface area contributed by atoms with Crippen molar-refractivity contribution in [2.75, 3.05) is 4.90 Å². The Morgan fingerprint density at radius 1 is 0.469 bits per heavy atom. The van der Waals surface area contributed by atoms with Gasteiger partial charge in [0.25, 0.3) is 0 Å². The summed E-state index contributed by atoms with van der Waals surface area (Å²) in [6.45, 7) is 0. The van der Waals surface area contributed by atoms with E-state index in [0.717, 1.165) is 72.0 Å². The average Bonchev–Trinajstić information content (AvgIpc) is 4.01. The Labute approximate surface area is 369 Å². The zero-order valence-electron chi connectivity index (χ0n) is 34.6. The summed E-state index contributed by atoms with van der Waals surface area (Å²) in [5.74, 6) is 0. The molecule has 1 aliphatic rings. The zero-order valence-corrected chi connectivity index (χ0v) is 35.6. The van der Waals surface area contributed by atoms with E-state index < -0.39 is 14.2 Å². The number of alkyl halides is 1. The van der Waals surface area contributed by atoms with E-state index in [-0.39, 0.29) is 0 Å². The molecule has 1 atom stereocenters. The van der Waals surface area contributed by atoms with Gasteiger partial charge in [0.2, 0.25) is 0 Å². The summed E-state index contributed by atoms with van der Waals surface area (Å²) in [6, 6.07) is 72.5. The van der Waals surface area contributed by atoms with Gasteiger partial charge in [0, 0.05) is 51.8 Å². The van der Waals surface area contributed by atoms with Gasteiger partial charge in [0.1, 0.15) is 11.3 Å². The van der Waals surface area contributed by atoms with E-state index in [1.807, 2.05) is 60.9 Å². The summed E-state index contributed by atoms with van der Waals surface area (Å²) in [5.41, 5.74) is 9.06. The molecule has 1 aliphatic heterocycles. The minimum absolute atomic E-state index is 0.570. The molecule has 0 saturated carbocycles. The van der Waals surface area contributed by atoms with Gasteiger partial charge >= 0.3 is 0 Å². The molecular weight excluding hydrogens is 802 g/mol. The summed E-state index contributed by atoms with van der Waals surface area (Å²) in [4.78, 5) is 12.7. The average molecular weight is 840 g/mol. The van der Waals surface area contributed by atoms with Gasteiger partial charge < -0.3 is 4.90 Å². The lowest BCUT2D eigenvalue weighted by Crippen LogP contribution is -2.77. The maximum Gasteiger partial charge on any atom is 0.186 e. The number of para-hydroxylation sites is 4. The molecule has 13 rings (SSSR count). The number of pyridine rings is 2. The molecule has 0 bridgehead atoms. The second-order valence-electron chi connectivity index (χ2n) is 16.6. The number of aromatic nitrogens is 4. The standard InChI is InChI=1S/C57H38FN5Si/c58-54(39-31-32-44-45-25-10-12-27-48(45)61-34-33-59-56(61)47(44)36-39)38-17-16-20-41(35-38)63-49-28-13-11-26-46(49)53-55-52(37-60-57(53)63)64(42-21-6-2-7-22-42,43-23-8-3-9-24-43)51-30-15-14-29-50(51)62(55)40-18-4-1-5-19-40/h1-37,54H. The van der Waals surface area contributed by atoms with Crippen molar-refractivity contribution in [2.24, 2.45) is 0 Å². The van der Waals surface area contributed by atoms with E-state index in [1.165, 1.54) is 20.7 Å². The number of imidazole rings is 1. The van der Waals surface area contributed by atoms with Crippen LogP contribution in [0, 0.1) is 0 Å². The van der Waals surface area contributed by atoms with Crippen LogP contribution in [0.1, 0.15) is 17.3 Å². The largest absolute Gasteiger partial charge is 0.310 e. The third-order valence-corrected chi connectivity index (χ3v) is 18.2. The Balaban J connectivity index is 1.06. The van der Waals surface area contributed by atoms with Crippen molar-refractivity contribution in [3.8, 4) is 5.69 Å². The summed E-state index contributed by atoms with van der Waals surface area (Å²) in [6.07, 6.45) is 4.56. The summed E-state index contributed by atoms with van der Waals surface area (Å²) >= 11 is 0. The molecule has 8 aromatic carbocycles. The first-order valence-electron chi connectivity index (χ1n) is 21.7. The smallest absolute Gasteiger partial charge is 0.186 e. The number of anilines is 3. The quantitative estimate of drug-likeness (QED) is 0.124. The molecule has 0 N–H and O–H groups in total. The predicted molar refractivity (Wildman–Crippen MR) is 264 cm³/mol. The summed E-state index contributed by atoms with van der Waals surface area (Å²) in [5, 5.41) is 10.3. The SMILES string of the molecule is FC(c1cccc(-n2c3ccccc3c3c4c(cnc32)[Si](c2ccccc2)(c2ccccc2)c2ccccc2N4c2ccccc2)c1)c1ccc2c3ccccc3n3ccnc3c2c1. The topological polar surface area (TPSA) is 38.4 Å². The molecule has 0 spiro atoms. The highest BCUT2D eigenvalue weighted by Gasteiger charge is 2.50. The van der Waals surface area contributed by atoms with Crippen LogP contribution in [0.2, 0.25) is 0 Å². The third-order valence-electron chi connectivity index (χ3n) is 13.4. The van der Waals surface area contributed by atoms with Crippen LogP contribution in [0.15, 0.2) is 225 Å². The maximum atomic E-state index is 17.2. The van der Waals surface area contributed by atoms with Crippen LogP contribution >= 0.6 is 0 Å². The van der Waals surface area contributed by atoms with E-state index in [4.69, 9.17) is 9.97 Å². The lowest BCUT2D eigenvalue weighted by atomic mass is 9.98. The van der Waals surface area contributed by atoms with Gasteiger partial charge in [-0.3, -0.25) is 8.97 Å².